The lowest BCUT2D eigenvalue weighted by atomic mass is 10.1. The Balaban J connectivity index is 2.19. The summed E-state index contributed by atoms with van der Waals surface area (Å²) in [5.74, 6) is 0. The molecule has 2 heterocycles. The van der Waals surface area contributed by atoms with Gasteiger partial charge in [-0.1, -0.05) is 22.0 Å². The molecule has 0 saturated carbocycles. The van der Waals surface area contributed by atoms with Crippen molar-refractivity contribution in [3.8, 4) is 0 Å². The fourth-order valence-electron chi connectivity index (χ4n) is 1.33. The molecule has 0 spiro atoms. The van der Waals surface area contributed by atoms with Gasteiger partial charge in [-0.3, -0.25) is 10.4 Å². The van der Waals surface area contributed by atoms with E-state index in [0.717, 1.165) is 6.54 Å². The number of rotatable bonds is 1. The Morgan fingerprint density at radius 3 is 3.08 bits per heavy atom. The molecule has 64 valence electrons. The zero-order valence-electron chi connectivity index (χ0n) is 6.50. The molecule has 1 saturated heterocycles. The van der Waals surface area contributed by atoms with Crippen molar-refractivity contribution < 1.29 is 0 Å². The number of pyridine rings is 1. The molecular formula is C8H10BrN3. The topological polar surface area (TPSA) is 37.0 Å². The first kappa shape index (κ1) is 8.16. The van der Waals surface area contributed by atoms with Crippen molar-refractivity contribution in [3.63, 3.8) is 0 Å². The predicted molar refractivity (Wildman–Crippen MR) is 50.8 cm³/mol. The molecule has 1 aliphatic heterocycles. The first-order chi connectivity index (χ1) is 5.88. The largest absolute Gasteiger partial charge is 0.264 e. The second-order valence-electron chi connectivity index (χ2n) is 2.81. The number of hydrazine groups is 1. The summed E-state index contributed by atoms with van der Waals surface area (Å²) in [6, 6.07) is 4.36. The Kier molecular flexibility index (Phi) is 2.39. The molecule has 3 nitrogen and oxygen atoms in total. The fourth-order valence-corrected chi connectivity index (χ4v) is 1.93. The molecule has 2 N–H and O–H groups in total. The van der Waals surface area contributed by atoms with Crippen molar-refractivity contribution in [2.75, 3.05) is 6.54 Å². The predicted octanol–water partition coefficient (Wildman–Crippen LogP) is 0.994. The monoisotopic (exact) mass is 227 g/mol. The average molecular weight is 228 g/mol. The van der Waals surface area contributed by atoms with Crippen LogP contribution in [0.25, 0.3) is 0 Å². The molecule has 0 amide bonds. The minimum absolute atomic E-state index is 0.332. The first-order valence-corrected chi connectivity index (χ1v) is 4.82. The van der Waals surface area contributed by atoms with E-state index in [1.54, 1.807) is 6.20 Å². The summed E-state index contributed by atoms with van der Waals surface area (Å²) in [6.45, 7) is 0.944. The molecule has 2 unspecified atom stereocenters. The van der Waals surface area contributed by atoms with Crippen molar-refractivity contribution in [2.45, 2.75) is 10.9 Å². The molecule has 1 aliphatic rings. The van der Waals surface area contributed by atoms with E-state index >= 15 is 0 Å². The summed E-state index contributed by atoms with van der Waals surface area (Å²) >= 11 is 3.59. The van der Waals surface area contributed by atoms with Gasteiger partial charge in [-0.2, -0.15) is 0 Å². The highest BCUT2D eigenvalue weighted by atomic mass is 79.9. The van der Waals surface area contributed by atoms with E-state index in [1.807, 2.05) is 12.3 Å². The highest BCUT2D eigenvalue weighted by Gasteiger charge is 2.25. The van der Waals surface area contributed by atoms with Crippen LogP contribution in [0.4, 0.5) is 0 Å². The highest BCUT2D eigenvalue weighted by Crippen LogP contribution is 2.23. The number of halogens is 1. The second kappa shape index (κ2) is 3.51. The zero-order chi connectivity index (χ0) is 8.39. The summed E-state index contributed by atoms with van der Waals surface area (Å²) < 4.78 is 0. The number of nitrogens with one attached hydrogen (secondary N) is 2. The van der Waals surface area contributed by atoms with Crippen LogP contribution >= 0.6 is 15.9 Å². The molecule has 2 rings (SSSR count). The van der Waals surface area contributed by atoms with E-state index in [9.17, 15) is 0 Å². The lowest BCUT2D eigenvalue weighted by Crippen LogP contribution is -2.25. The van der Waals surface area contributed by atoms with Gasteiger partial charge in [0.15, 0.2) is 0 Å². The Labute approximate surface area is 79.7 Å². The van der Waals surface area contributed by atoms with Crippen LogP contribution in [0, 0.1) is 0 Å². The quantitative estimate of drug-likeness (QED) is 0.704. The number of hydrogen-bond donors (Lipinski definition) is 2. The third kappa shape index (κ3) is 1.50. The summed E-state index contributed by atoms with van der Waals surface area (Å²) in [4.78, 5) is 4.52. The summed E-state index contributed by atoms with van der Waals surface area (Å²) in [5.41, 5.74) is 7.49. The van der Waals surface area contributed by atoms with Gasteiger partial charge in [-0.15, -0.1) is 0 Å². The van der Waals surface area contributed by atoms with Gasteiger partial charge in [0.25, 0.3) is 0 Å². The number of nitrogens with zero attached hydrogens (tertiary/aromatic N) is 1. The summed E-state index contributed by atoms with van der Waals surface area (Å²) in [7, 11) is 0. The van der Waals surface area contributed by atoms with Crippen LogP contribution in [-0.4, -0.2) is 16.4 Å². The molecule has 1 fully saturated rings. The highest BCUT2D eigenvalue weighted by molar-refractivity contribution is 9.09. The van der Waals surface area contributed by atoms with Crippen LogP contribution in [0.3, 0.4) is 0 Å². The summed E-state index contributed by atoms with van der Waals surface area (Å²) in [6.07, 6.45) is 3.67. The molecule has 4 heteroatoms. The Morgan fingerprint density at radius 2 is 2.50 bits per heavy atom. The maximum absolute atomic E-state index is 4.08. The summed E-state index contributed by atoms with van der Waals surface area (Å²) in [5, 5.41) is 0. The van der Waals surface area contributed by atoms with E-state index in [4.69, 9.17) is 0 Å². The van der Waals surface area contributed by atoms with Gasteiger partial charge in [-0.25, -0.2) is 5.43 Å². The average Bonchev–Trinajstić information content (AvgIpc) is 2.53. The molecule has 0 aliphatic carbocycles. The van der Waals surface area contributed by atoms with Crippen LogP contribution in [0.5, 0.6) is 0 Å². The van der Waals surface area contributed by atoms with E-state index < -0.39 is 0 Å². The maximum Gasteiger partial charge on any atom is 0.0615 e. The Bertz CT molecular complexity index is 252. The maximum atomic E-state index is 4.08. The smallest absolute Gasteiger partial charge is 0.0615 e. The standard InChI is InChI=1S/C8H10BrN3/c9-7-5-11-12-8(7)6-2-1-3-10-4-6/h1-4,7-8,11-12H,5H2. The minimum Gasteiger partial charge on any atom is -0.264 e. The zero-order valence-corrected chi connectivity index (χ0v) is 8.08. The van der Waals surface area contributed by atoms with Gasteiger partial charge in [0.1, 0.15) is 0 Å². The molecule has 1 aromatic rings. The van der Waals surface area contributed by atoms with Crippen LogP contribution < -0.4 is 10.9 Å². The van der Waals surface area contributed by atoms with E-state index in [2.05, 4.69) is 37.8 Å². The van der Waals surface area contributed by atoms with E-state index in [1.165, 1.54) is 5.56 Å². The molecule has 12 heavy (non-hydrogen) atoms. The second-order valence-corrected chi connectivity index (χ2v) is 3.98. The lowest BCUT2D eigenvalue weighted by molar-refractivity contribution is 0.584. The van der Waals surface area contributed by atoms with Gasteiger partial charge in [0, 0.05) is 23.8 Å². The van der Waals surface area contributed by atoms with Crippen LogP contribution in [0.2, 0.25) is 0 Å². The normalized spacial score (nSPS) is 29.1. The van der Waals surface area contributed by atoms with Crippen LogP contribution in [-0.2, 0) is 0 Å². The van der Waals surface area contributed by atoms with Gasteiger partial charge in [0.2, 0.25) is 0 Å². The van der Waals surface area contributed by atoms with Crippen LogP contribution in [0.1, 0.15) is 11.6 Å². The molecule has 1 aromatic heterocycles. The first-order valence-electron chi connectivity index (χ1n) is 3.90. The molecule has 0 aromatic carbocycles. The SMILES string of the molecule is BrC1CNNC1c1cccnc1. The molecule has 0 bridgehead atoms. The Hall–Kier alpha value is -0.450. The minimum atomic E-state index is 0.332. The molecular weight excluding hydrogens is 218 g/mol. The van der Waals surface area contributed by atoms with Crippen molar-refractivity contribution >= 4 is 15.9 Å². The number of alkyl halides is 1. The van der Waals surface area contributed by atoms with Crippen molar-refractivity contribution in [1.29, 1.82) is 0 Å². The third-order valence-corrected chi connectivity index (χ3v) is 2.81. The lowest BCUT2D eigenvalue weighted by Gasteiger charge is -2.12. The van der Waals surface area contributed by atoms with Gasteiger partial charge in [-0.05, 0) is 11.6 Å². The molecule has 0 radical (unpaired) electrons. The van der Waals surface area contributed by atoms with Gasteiger partial charge < -0.3 is 0 Å². The Morgan fingerprint density at radius 1 is 1.58 bits per heavy atom. The van der Waals surface area contributed by atoms with Gasteiger partial charge in [0.05, 0.1) is 6.04 Å². The van der Waals surface area contributed by atoms with E-state index in [-0.39, 0.29) is 0 Å². The van der Waals surface area contributed by atoms with Crippen molar-refractivity contribution in [1.82, 2.24) is 15.8 Å². The third-order valence-electron chi connectivity index (χ3n) is 1.96. The molecule has 2 atom stereocenters. The van der Waals surface area contributed by atoms with Crippen molar-refractivity contribution in [2.24, 2.45) is 0 Å². The van der Waals surface area contributed by atoms with Crippen LogP contribution in [0.15, 0.2) is 24.5 Å². The number of hydrogen-bond acceptors (Lipinski definition) is 3. The fraction of sp³-hybridized carbons (Fsp3) is 0.375. The number of aromatic nitrogens is 1. The van der Waals surface area contributed by atoms with Gasteiger partial charge >= 0.3 is 0 Å². The van der Waals surface area contributed by atoms with E-state index in [0.29, 0.717) is 10.9 Å². The van der Waals surface area contributed by atoms with Crippen molar-refractivity contribution in [3.05, 3.63) is 30.1 Å².